The number of methoxy groups -OCH3 is 2. The van der Waals surface area contributed by atoms with Gasteiger partial charge in [0.25, 0.3) is 0 Å². The van der Waals surface area contributed by atoms with Crippen LogP contribution in [0.2, 0.25) is 0 Å². The monoisotopic (exact) mass is 1360 g/mol. The first-order valence-corrected chi connectivity index (χ1v) is 34.5. The molecular weight excluding hydrogens is 1290 g/mol. The second kappa shape index (κ2) is 28.4. The number of ether oxygens (including phenoxy) is 6. The van der Waals surface area contributed by atoms with Crippen LogP contribution < -0.4 is 32.0 Å². The zero-order valence-electron chi connectivity index (χ0n) is 52.2. The van der Waals surface area contributed by atoms with Crippen LogP contribution >= 0.6 is 6.19 Å². The van der Waals surface area contributed by atoms with Crippen LogP contribution in [0.4, 0.5) is 0 Å². The van der Waals surface area contributed by atoms with E-state index in [-0.39, 0.29) is 41.7 Å². The van der Waals surface area contributed by atoms with E-state index in [0.29, 0.717) is 26.2 Å². The fourth-order valence-electron chi connectivity index (χ4n) is 12.5. The van der Waals surface area contributed by atoms with Gasteiger partial charge in [-0.25, -0.2) is 0 Å². The van der Waals surface area contributed by atoms with E-state index in [1.54, 1.807) is 50.6 Å². The van der Waals surface area contributed by atoms with Crippen LogP contribution in [0.3, 0.4) is 0 Å². The van der Waals surface area contributed by atoms with Gasteiger partial charge in [-0.05, 0) is 0 Å². The quantitative estimate of drug-likeness (QED) is 0.0379. The van der Waals surface area contributed by atoms with Crippen molar-refractivity contribution in [3.63, 3.8) is 0 Å². The van der Waals surface area contributed by atoms with Crippen molar-refractivity contribution in [3.8, 4) is 11.5 Å². The number of hydrogen-bond donors (Lipinski definition) is 1. The third-order valence-electron chi connectivity index (χ3n) is 17.2. The Balaban J connectivity index is 0.933. The molecule has 1 N–H and O–H groups in total. The van der Waals surface area contributed by atoms with Crippen molar-refractivity contribution < 1.29 is 52.0 Å². The van der Waals surface area contributed by atoms with Crippen LogP contribution in [0.25, 0.3) is 0 Å². The summed E-state index contributed by atoms with van der Waals surface area (Å²) in [6, 6.07) is 69.3. The second-order valence-electron chi connectivity index (χ2n) is 23.0. The van der Waals surface area contributed by atoms with Crippen molar-refractivity contribution in [2.75, 3.05) is 27.4 Å². The Bertz CT molecular complexity index is 4580. The van der Waals surface area contributed by atoms with Gasteiger partial charge >= 0.3 is 519 Å². The van der Waals surface area contributed by atoms with E-state index in [1.807, 2.05) is 170 Å². The molecule has 7 atom stereocenters. The van der Waals surface area contributed by atoms with Gasteiger partial charge in [0.2, 0.25) is 0 Å². The molecule has 19 nitrogen and oxygen atoms in total. The van der Waals surface area contributed by atoms with E-state index in [4.69, 9.17) is 37.5 Å². The summed E-state index contributed by atoms with van der Waals surface area (Å²) in [7, 11) is 3.16. The van der Waals surface area contributed by atoms with Crippen molar-refractivity contribution in [3.05, 3.63) is 340 Å². The van der Waals surface area contributed by atoms with Gasteiger partial charge in [0, 0.05) is 0 Å². The van der Waals surface area contributed by atoms with E-state index in [2.05, 4.69) is 15.1 Å². The third kappa shape index (κ3) is 13.3. The van der Waals surface area contributed by atoms with Crippen LogP contribution in [0.1, 0.15) is 90.5 Å². The van der Waals surface area contributed by atoms with Crippen molar-refractivity contribution in [2.45, 2.75) is 74.8 Å². The van der Waals surface area contributed by atoms with E-state index in [1.165, 1.54) is 59.6 Å². The molecule has 0 radical (unpaired) electrons. The molecule has 10 aromatic rings. The first kappa shape index (κ1) is 65.8. The van der Waals surface area contributed by atoms with Crippen molar-refractivity contribution in [1.82, 2.24) is 18.3 Å². The van der Waals surface area contributed by atoms with E-state index < -0.39 is 95.2 Å². The van der Waals surface area contributed by atoms with Gasteiger partial charge in [-0.3, -0.25) is 0 Å². The summed E-state index contributed by atoms with van der Waals surface area (Å²) >= 11 is 2.78. The molecule has 2 aliphatic heterocycles. The Labute approximate surface area is 554 Å². The fraction of sp³-hybridized carbons (Fsp3) is 0.216. The maximum atomic E-state index is 14.8. The zero-order chi connectivity index (χ0) is 66.4. The average Bonchev–Trinajstić information content (AvgIpc) is 1.67. The summed E-state index contributed by atoms with van der Waals surface area (Å²) in [6.45, 7) is 2.28. The first-order chi connectivity index (χ1) is 46.0. The summed E-state index contributed by atoms with van der Waals surface area (Å²) < 4.78 is 56.8. The number of rotatable bonds is 22. The number of benzene rings is 8. The molecule has 8 aromatic carbocycles. The first-order valence-electron chi connectivity index (χ1n) is 30.7. The number of carbonyl (C=O) groups excluding carboxylic acids is 2. The minimum atomic E-state index is -4.25. The van der Waals surface area contributed by atoms with Gasteiger partial charge in [0.15, 0.2) is 0 Å². The molecule has 484 valence electrons. The Kier molecular flexibility index (Phi) is 19.6. The Morgan fingerprint density at radius 2 is 0.821 bits per heavy atom. The Morgan fingerprint density at radius 3 is 1.21 bits per heavy atom. The molecule has 95 heavy (non-hydrogen) atoms. The molecule has 0 saturated carbocycles. The summed E-state index contributed by atoms with van der Waals surface area (Å²) in [5.41, 5.74) is -1.58. The fourth-order valence-corrected chi connectivity index (χ4v) is 14.5. The second-order valence-corrected chi connectivity index (χ2v) is 27.3. The Hall–Kier alpha value is -9.27. The van der Waals surface area contributed by atoms with Gasteiger partial charge in [0.05, 0.1) is 14.2 Å². The van der Waals surface area contributed by atoms with E-state index in [9.17, 15) is 33.7 Å². The number of hydrogen-bond acceptors (Lipinski definition) is 15. The third-order valence-corrected chi connectivity index (χ3v) is 19.4. The molecule has 1 unspecified atom stereocenters. The van der Waals surface area contributed by atoms with Crippen molar-refractivity contribution in [2.24, 2.45) is 0 Å². The predicted octanol–water partition coefficient (Wildman–Crippen LogP) is 10.2. The zero-order valence-corrected chi connectivity index (χ0v) is 54.8. The molecule has 0 spiro atoms. The summed E-state index contributed by atoms with van der Waals surface area (Å²) in [5, 5.41) is 0. The van der Waals surface area contributed by atoms with Crippen LogP contribution in [0.15, 0.2) is 262 Å². The molecule has 0 aliphatic carbocycles. The minimum absolute atomic E-state index is 0.0622. The molecule has 2 saturated heterocycles. The normalized spacial score (nSPS) is 18.6. The number of aromatic nitrogens is 4. The van der Waals surface area contributed by atoms with Crippen molar-refractivity contribution in [1.29, 1.82) is 0 Å². The molecule has 2 aliphatic rings. The molecule has 2 aromatic heterocycles. The van der Waals surface area contributed by atoms with E-state index >= 15 is 0 Å². The molecule has 21 heteroatoms. The SMILES string of the molecule is COc1ccc(C(OC[C@H]2O[C@@H](n3cc(C)c(=O)n(C(=O)c4ccccc4)c3=O)C[C@@H]2OP(O)(=[Se])OC[C@H]2O[C@@H](n3cc(C)c(=O)n(C(=O)c4ccccc4)c3=O)C[C@@H]2OC(c2ccccc2)(c2ccccc2)c2ccc(OC)cc2)(c2ccccc2)c2ccccc2)cc1. The van der Waals surface area contributed by atoms with Gasteiger partial charge in [-0.1, -0.05) is 24.3 Å². The molecule has 0 amide bonds. The molecule has 12 rings (SSSR count). The standard InChI is InChI=1S/C74H67N4O15PSe/c1-49-45-75(71(83)77(67(49)79)69(81)51-23-11-5-12-24-51)65-43-61(92-74(55-31-19-9-20-32-55,56-33-21-10-22-34-56)58-37-41-60(87-4)42-38-58)64(91-65)48-89-94(85,95)93-62-44-66(76-46-50(2)68(80)78(72(76)84)70(82)52-25-13-6-14-26-52)90-63(62)47-88-73(53-27-15-7-16-28-53,54-29-17-8-18-30-54)57-35-39-59(86-3)40-36-57/h5-42,45-46,61-66H,43-44,47-48H2,1-4H3,(H,85,95)/t61-,62-,63+,64+,65+,66+,94?/m0/s1. The molecule has 2 fully saturated rings. The van der Waals surface area contributed by atoms with Gasteiger partial charge in [-0.2, -0.15) is 0 Å². The van der Waals surface area contributed by atoms with E-state index in [0.717, 1.165) is 27.8 Å². The molecule has 0 bridgehead atoms. The average molecular weight is 1360 g/mol. The molecular formula is C74H67N4O15PSe. The summed E-state index contributed by atoms with van der Waals surface area (Å²) in [6.07, 6.45) is -8.67. The number of aryl methyl sites for hydroxylation is 2. The topological polar surface area (TPSA) is 216 Å². The van der Waals surface area contributed by atoms with Crippen LogP contribution in [0.5, 0.6) is 11.5 Å². The number of nitrogens with zero attached hydrogens (tertiary/aromatic N) is 4. The number of carbonyl (C=O) groups is 2. The van der Waals surface area contributed by atoms with Crippen LogP contribution in [0, 0.1) is 13.8 Å². The summed E-state index contributed by atoms with van der Waals surface area (Å²) in [5.74, 6) is -0.470. The van der Waals surface area contributed by atoms with Gasteiger partial charge in [0.1, 0.15) is 0 Å². The van der Waals surface area contributed by atoms with Crippen LogP contribution in [-0.2, 0) is 39.2 Å². The maximum absolute atomic E-state index is 14.8. The van der Waals surface area contributed by atoms with Gasteiger partial charge in [-0.15, -0.1) is 0 Å². The van der Waals surface area contributed by atoms with Crippen LogP contribution in [-0.4, -0.2) is 102 Å². The van der Waals surface area contributed by atoms with Gasteiger partial charge < -0.3 is 0 Å². The summed E-state index contributed by atoms with van der Waals surface area (Å²) in [4.78, 5) is 98.2. The van der Waals surface area contributed by atoms with Crippen molar-refractivity contribution >= 4 is 33.1 Å². The predicted molar refractivity (Wildman–Crippen MR) is 357 cm³/mol. The molecule has 4 heterocycles. The Morgan fingerprint density at radius 1 is 0.484 bits per heavy atom.